The van der Waals surface area contributed by atoms with E-state index in [0.717, 1.165) is 11.1 Å². The molecule has 0 radical (unpaired) electrons. The van der Waals surface area contributed by atoms with Crippen LogP contribution in [0.1, 0.15) is 44.5 Å². The Bertz CT molecular complexity index is 869. The van der Waals surface area contributed by atoms with Crippen molar-refractivity contribution in [2.45, 2.75) is 39.7 Å². The number of amides is 2. The van der Waals surface area contributed by atoms with Crippen LogP contribution in [0.2, 0.25) is 0 Å². The van der Waals surface area contributed by atoms with Gasteiger partial charge < -0.3 is 15.4 Å². The van der Waals surface area contributed by atoms with Gasteiger partial charge in [0.25, 0.3) is 0 Å². The highest BCUT2D eigenvalue weighted by Gasteiger charge is 2.16. The van der Waals surface area contributed by atoms with E-state index >= 15 is 0 Å². The average molecular weight is 382 g/mol. The summed E-state index contributed by atoms with van der Waals surface area (Å²) in [6.45, 7) is 7.01. The number of nitrogens with one attached hydrogen (secondary N) is 2. The maximum absolute atomic E-state index is 12.3. The van der Waals surface area contributed by atoms with Crippen molar-refractivity contribution in [3.8, 4) is 11.1 Å². The van der Waals surface area contributed by atoms with Crippen LogP contribution in [0.25, 0.3) is 11.1 Å². The molecule has 2 amide bonds. The highest BCUT2D eigenvalue weighted by Crippen LogP contribution is 2.28. The predicted molar refractivity (Wildman–Crippen MR) is 109 cm³/mol. The van der Waals surface area contributed by atoms with Crippen molar-refractivity contribution < 1.29 is 19.1 Å². The first-order valence-corrected chi connectivity index (χ1v) is 9.13. The molecule has 28 heavy (non-hydrogen) atoms. The molecule has 2 aromatic rings. The summed E-state index contributed by atoms with van der Waals surface area (Å²) in [5, 5.41) is 5.43. The number of hydrogen-bond donors (Lipinski definition) is 2. The lowest BCUT2D eigenvalue weighted by atomic mass is 10.00. The van der Waals surface area contributed by atoms with Crippen molar-refractivity contribution in [3.63, 3.8) is 0 Å². The number of ether oxygens (including phenoxy) is 1. The molecular weight excluding hydrogens is 356 g/mol. The molecular formula is C22H26N2O4. The van der Waals surface area contributed by atoms with E-state index < -0.39 is 11.7 Å². The summed E-state index contributed by atoms with van der Waals surface area (Å²) >= 11 is 0. The monoisotopic (exact) mass is 382 g/mol. The number of ketones is 1. The van der Waals surface area contributed by atoms with Gasteiger partial charge in [-0.25, -0.2) is 4.79 Å². The standard InChI is InChI=1S/C22H26N2O4/c1-15(25)16-8-7-9-17(14-16)18-10-5-6-11-19(18)24-20(26)12-13-23-21(27)28-22(2,3)4/h5-11,14H,12-13H2,1-4H3,(H,23,27)(H,24,26). The highest BCUT2D eigenvalue weighted by atomic mass is 16.6. The number of hydrogen-bond acceptors (Lipinski definition) is 4. The molecule has 0 aliphatic rings. The predicted octanol–water partition coefficient (Wildman–Crippen LogP) is 4.41. The molecule has 148 valence electrons. The van der Waals surface area contributed by atoms with Gasteiger partial charge in [-0.1, -0.05) is 36.4 Å². The van der Waals surface area contributed by atoms with Gasteiger partial charge in [0.1, 0.15) is 5.60 Å². The largest absolute Gasteiger partial charge is 0.444 e. The Labute approximate surface area is 165 Å². The topological polar surface area (TPSA) is 84.5 Å². The maximum Gasteiger partial charge on any atom is 0.407 e. The lowest BCUT2D eigenvalue weighted by Gasteiger charge is -2.19. The Morgan fingerprint density at radius 3 is 2.39 bits per heavy atom. The van der Waals surface area contributed by atoms with E-state index in [1.165, 1.54) is 6.92 Å². The van der Waals surface area contributed by atoms with Gasteiger partial charge in [-0.15, -0.1) is 0 Å². The van der Waals surface area contributed by atoms with Crippen LogP contribution in [0, 0.1) is 0 Å². The molecule has 0 aliphatic heterocycles. The van der Waals surface area contributed by atoms with Crippen LogP contribution >= 0.6 is 0 Å². The Hall–Kier alpha value is -3.15. The zero-order valence-electron chi connectivity index (χ0n) is 16.7. The molecule has 0 bridgehead atoms. The minimum atomic E-state index is -0.584. The first-order chi connectivity index (χ1) is 13.2. The molecule has 0 fully saturated rings. The van der Waals surface area contributed by atoms with E-state index in [0.29, 0.717) is 11.3 Å². The molecule has 0 aromatic heterocycles. The minimum absolute atomic E-state index is 0.0171. The molecule has 0 unspecified atom stereocenters. The normalized spacial score (nSPS) is 10.9. The van der Waals surface area contributed by atoms with Crippen LogP contribution in [0.4, 0.5) is 10.5 Å². The van der Waals surface area contributed by atoms with Gasteiger partial charge in [0.15, 0.2) is 5.78 Å². The fraction of sp³-hybridized carbons (Fsp3) is 0.318. The zero-order valence-corrected chi connectivity index (χ0v) is 16.7. The van der Waals surface area contributed by atoms with Gasteiger partial charge in [-0.2, -0.15) is 0 Å². The molecule has 6 nitrogen and oxygen atoms in total. The molecule has 2 N–H and O–H groups in total. The smallest absolute Gasteiger partial charge is 0.407 e. The lowest BCUT2D eigenvalue weighted by molar-refractivity contribution is -0.116. The molecule has 0 aliphatic carbocycles. The molecule has 0 saturated heterocycles. The quantitative estimate of drug-likeness (QED) is 0.725. The van der Waals surface area contributed by atoms with E-state index in [9.17, 15) is 14.4 Å². The Morgan fingerprint density at radius 2 is 1.71 bits per heavy atom. The van der Waals surface area contributed by atoms with Crippen LogP contribution in [0.15, 0.2) is 48.5 Å². The molecule has 0 atom stereocenters. The van der Waals surface area contributed by atoms with E-state index in [1.54, 1.807) is 39.0 Å². The number of carbonyl (C=O) groups is 3. The van der Waals surface area contributed by atoms with Crippen molar-refractivity contribution in [1.29, 1.82) is 0 Å². The summed E-state index contributed by atoms with van der Waals surface area (Å²) in [5.41, 5.74) is 2.33. The van der Waals surface area contributed by atoms with Crippen LogP contribution in [0.5, 0.6) is 0 Å². The van der Waals surface area contributed by atoms with E-state index in [2.05, 4.69) is 10.6 Å². The van der Waals surface area contributed by atoms with Crippen LogP contribution in [-0.4, -0.2) is 29.9 Å². The zero-order chi connectivity index (χ0) is 20.7. The summed E-state index contributed by atoms with van der Waals surface area (Å²) in [6.07, 6.45) is -0.442. The SMILES string of the molecule is CC(=O)c1cccc(-c2ccccc2NC(=O)CCNC(=O)OC(C)(C)C)c1. The maximum atomic E-state index is 12.3. The van der Waals surface area contributed by atoms with Crippen LogP contribution < -0.4 is 10.6 Å². The molecule has 0 heterocycles. The van der Waals surface area contributed by atoms with Gasteiger partial charge in [-0.3, -0.25) is 9.59 Å². The van der Waals surface area contributed by atoms with E-state index in [1.807, 2.05) is 30.3 Å². The average Bonchev–Trinajstić information content (AvgIpc) is 2.60. The van der Waals surface area contributed by atoms with Gasteiger partial charge in [0, 0.05) is 29.8 Å². The second kappa shape index (κ2) is 9.17. The Kier molecular flexibility index (Phi) is 6.93. The number of carbonyl (C=O) groups excluding carboxylic acids is 3. The molecule has 2 rings (SSSR count). The molecule has 6 heteroatoms. The van der Waals surface area contributed by atoms with Crippen molar-refractivity contribution in [2.24, 2.45) is 0 Å². The summed E-state index contributed by atoms with van der Waals surface area (Å²) in [5.74, 6) is -0.247. The van der Waals surface area contributed by atoms with Crippen LogP contribution in [-0.2, 0) is 9.53 Å². The molecule has 2 aromatic carbocycles. The number of benzene rings is 2. The van der Waals surface area contributed by atoms with Gasteiger partial charge >= 0.3 is 6.09 Å². The van der Waals surface area contributed by atoms with Crippen molar-refractivity contribution >= 4 is 23.5 Å². The second-order valence-corrected chi connectivity index (χ2v) is 7.41. The fourth-order valence-electron chi connectivity index (χ4n) is 2.55. The van der Waals surface area contributed by atoms with Gasteiger partial charge in [0.2, 0.25) is 5.91 Å². The molecule has 0 spiro atoms. The third kappa shape index (κ3) is 6.54. The Morgan fingerprint density at radius 1 is 1.00 bits per heavy atom. The highest BCUT2D eigenvalue weighted by molar-refractivity contribution is 5.98. The third-order valence-electron chi connectivity index (χ3n) is 3.80. The summed E-state index contributed by atoms with van der Waals surface area (Å²) in [6, 6.07) is 14.6. The van der Waals surface area contributed by atoms with E-state index in [-0.39, 0.29) is 24.7 Å². The fourth-order valence-corrected chi connectivity index (χ4v) is 2.55. The number of Topliss-reactive ketones (excluding diaryl/α,β-unsaturated/α-hetero) is 1. The summed E-state index contributed by atoms with van der Waals surface area (Å²) in [7, 11) is 0. The number of rotatable bonds is 6. The van der Waals surface area contributed by atoms with Gasteiger partial charge in [-0.05, 0) is 45.4 Å². The Balaban J connectivity index is 2.01. The second-order valence-electron chi connectivity index (χ2n) is 7.41. The minimum Gasteiger partial charge on any atom is -0.444 e. The van der Waals surface area contributed by atoms with Crippen molar-refractivity contribution in [2.75, 3.05) is 11.9 Å². The van der Waals surface area contributed by atoms with Crippen LogP contribution in [0.3, 0.4) is 0 Å². The number of anilines is 1. The third-order valence-corrected chi connectivity index (χ3v) is 3.80. The first-order valence-electron chi connectivity index (χ1n) is 9.13. The first kappa shape index (κ1) is 21.2. The van der Waals surface area contributed by atoms with Crippen molar-refractivity contribution in [3.05, 3.63) is 54.1 Å². The van der Waals surface area contributed by atoms with Gasteiger partial charge in [0.05, 0.1) is 0 Å². The number of alkyl carbamates (subject to hydrolysis) is 1. The lowest BCUT2D eigenvalue weighted by Crippen LogP contribution is -2.34. The summed E-state index contributed by atoms with van der Waals surface area (Å²) in [4.78, 5) is 35.5. The van der Waals surface area contributed by atoms with Crippen molar-refractivity contribution in [1.82, 2.24) is 5.32 Å². The summed E-state index contributed by atoms with van der Waals surface area (Å²) < 4.78 is 5.14. The molecule has 0 saturated carbocycles. The number of para-hydroxylation sites is 1. The van der Waals surface area contributed by atoms with E-state index in [4.69, 9.17) is 4.74 Å².